The van der Waals surface area contributed by atoms with E-state index >= 15 is 4.39 Å². The van der Waals surface area contributed by atoms with E-state index in [1.54, 1.807) is 32.0 Å². The highest BCUT2D eigenvalue weighted by Gasteiger charge is 2.59. The number of nitrogens with two attached hydrogens (primary N) is 1. The van der Waals surface area contributed by atoms with Crippen molar-refractivity contribution in [1.82, 2.24) is 14.8 Å². The Morgan fingerprint density at radius 2 is 2.03 bits per heavy atom. The molecule has 2 unspecified atom stereocenters. The van der Waals surface area contributed by atoms with Gasteiger partial charge in [-0.1, -0.05) is 30.0 Å². The number of benzene rings is 1. The number of nitrogen functional groups attached to an aromatic ring is 1. The normalized spacial score (nSPS) is 24.8. The maximum atomic E-state index is 16.0. The number of hydrogen-bond acceptors (Lipinski definition) is 12. The largest absolute Gasteiger partial charge is 0.530 e. The predicted molar refractivity (Wildman–Crippen MR) is 131 cm³/mol. The second kappa shape index (κ2) is 12.6. The molecule has 212 valence electrons. The molecule has 0 saturated carbocycles. The molecule has 0 aliphatic carbocycles. The van der Waals surface area contributed by atoms with Crippen LogP contribution < -0.4 is 15.9 Å². The van der Waals surface area contributed by atoms with Gasteiger partial charge in [0.05, 0.1) is 18.9 Å². The van der Waals surface area contributed by atoms with Crippen molar-refractivity contribution in [1.29, 1.82) is 0 Å². The molecule has 2 aromatic rings. The average molecular weight is 572 g/mol. The first-order chi connectivity index (χ1) is 18.4. The minimum Gasteiger partial charge on any atom is -0.461 e. The van der Waals surface area contributed by atoms with Crippen molar-refractivity contribution < 1.29 is 46.3 Å². The van der Waals surface area contributed by atoms with Gasteiger partial charge in [0.2, 0.25) is 11.9 Å². The Morgan fingerprint density at radius 3 is 2.64 bits per heavy atom. The van der Waals surface area contributed by atoms with Gasteiger partial charge in [0, 0.05) is 0 Å². The van der Waals surface area contributed by atoms with Crippen LogP contribution in [0.5, 0.6) is 5.75 Å². The molecule has 1 aromatic carbocycles. The highest BCUT2D eigenvalue weighted by Crippen LogP contribution is 2.52. The summed E-state index contributed by atoms with van der Waals surface area (Å²) in [4.78, 5) is 28.0. The molecule has 1 aromatic heterocycles. The fourth-order valence-electron chi connectivity index (χ4n) is 3.37. The minimum atomic E-state index is -4.67. The van der Waals surface area contributed by atoms with Crippen LogP contribution >= 0.6 is 7.82 Å². The molecule has 1 aliphatic heterocycles. The molecule has 3 rings (SSSR count). The molecule has 13 nitrogen and oxygen atoms in total. The lowest BCUT2D eigenvalue weighted by atomic mass is 9.97. The second-order valence-corrected chi connectivity index (χ2v) is 10.0. The summed E-state index contributed by atoms with van der Waals surface area (Å²) in [5, 5.41) is 14.4. The molecule has 1 fully saturated rings. The molecular formula is C23H27F2N4O9P. The zero-order valence-electron chi connectivity index (χ0n) is 21.1. The van der Waals surface area contributed by atoms with E-state index in [1.807, 2.05) is 11.8 Å². The van der Waals surface area contributed by atoms with Crippen molar-refractivity contribution in [3.05, 3.63) is 47.0 Å². The Kier molecular flexibility index (Phi) is 9.76. The molecule has 2 heterocycles. The van der Waals surface area contributed by atoms with E-state index < -0.39 is 69.1 Å². The summed E-state index contributed by atoms with van der Waals surface area (Å²) in [5.41, 5.74) is 1.20. The summed E-state index contributed by atoms with van der Waals surface area (Å²) in [5.74, 6) is 2.66. The van der Waals surface area contributed by atoms with E-state index in [2.05, 4.69) is 10.1 Å². The van der Waals surface area contributed by atoms with Gasteiger partial charge in [0.1, 0.15) is 30.4 Å². The van der Waals surface area contributed by atoms with Crippen LogP contribution in [0, 0.1) is 11.8 Å². The van der Waals surface area contributed by atoms with Crippen LogP contribution in [0.15, 0.2) is 41.3 Å². The number of phosphoric ester groups is 1. The third kappa shape index (κ3) is 7.37. The van der Waals surface area contributed by atoms with E-state index in [0.717, 1.165) is 6.20 Å². The van der Waals surface area contributed by atoms with Crippen LogP contribution in [0.1, 0.15) is 27.0 Å². The number of rotatable bonds is 10. The number of aliphatic hydroxyl groups is 1. The number of alkyl halides is 2. The number of hydrogen-bond donors (Lipinski definition) is 2. The smallest absolute Gasteiger partial charge is 0.461 e. The SMILES string of the molecule is CC(C)OC(=O)[C@H](C)OP(=O)(OC[C@H]1O[C@@H](n2ncc(N)nc2=O)[C@@](F)(C#CCF)C1O)Oc1ccccc1. The highest BCUT2D eigenvalue weighted by molar-refractivity contribution is 7.49. The Morgan fingerprint density at radius 1 is 1.33 bits per heavy atom. The number of carbonyl (C=O) groups excluding carboxylic acids is 1. The van der Waals surface area contributed by atoms with Crippen LogP contribution in [-0.4, -0.2) is 69.2 Å². The Bertz CT molecular complexity index is 1320. The van der Waals surface area contributed by atoms with E-state index in [1.165, 1.54) is 19.1 Å². The third-order valence-corrected chi connectivity index (χ3v) is 6.55. The van der Waals surface area contributed by atoms with Crippen molar-refractivity contribution >= 4 is 19.6 Å². The first-order valence-corrected chi connectivity index (χ1v) is 13.0. The number of nitrogens with zero attached hydrogens (tertiary/aromatic N) is 3. The number of aliphatic hydroxyl groups excluding tert-OH is 1. The monoisotopic (exact) mass is 572 g/mol. The van der Waals surface area contributed by atoms with Gasteiger partial charge in [-0.15, -0.1) is 0 Å². The molecule has 3 N–H and O–H groups in total. The van der Waals surface area contributed by atoms with E-state index in [4.69, 9.17) is 28.8 Å². The van der Waals surface area contributed by atoms with E-state index in [0.29, 0.717) is 4.68 Å². The van der Waals surface area contributed by atoms with Crippen molar-refractivity contribution in [2.75, 3.05) is 19.0 Å². The molecular weight excluding hydrogens is 545 g/mol. The van der Waals surface area contributed by atoms with E-state index in [9.17, 15) is 23.7 Å². The lowest BCUT2D eigenvalue weighted by Crippen LogP contribution is -2.45. The molecule has 6 atom stereocenters. The molecule has 39 heavy (non-hydrogen) atoms. The molecule has 0 spiro atoms. The second-order valence-electron chi connectivity index (χ2n) is 8.46. The van der Waals surface area contributed by atoms with Gasteiger partial charge in [-0.2, -0.15) is 14.8 Å². The number of carbonyl (C=O) groups is 1. The fourth-order valence-corrected chi connectivity index (χ4v) is 4.71. The van der Waals surface area contributed by atoms with Crippen LogP contribution in [0.2, 0.25) is 0 Å². The number of aromatic nitrogens is 3. The number of esters is 1. The number of ether oxygens (including phenoxy) is 2. The molecule has 0 radical (unpaired) electrons. The summed E-state index contributed by atoms with van der Waals surface area (Å²) in [6.07, 6.45) is -6.84. The van der Waals surface area contributed by atoms with Gasteiger partial charge in [-0.25, -0.2) is 22.9 Å². The highest BCUT2D eigenvalue weighted by atomic mass is 31.2. The maximum Gasteiger partial charge on any atom is 0.530 e. The topological polar surface area (TPSA) is 174 Å². The lowest BCUT2D eigenvalue weighted by molar-refractivity contribution is -0.156. The van der Waals surface area contributed by atoms with Gasteiger partial charge in [-0.05, 0) is 32.9 Å². The fraction of sp³-hybridized carbons (Fsp3) is 0.478. The summed E-state index contributed by atoms with van der Waals surface area (Å²) in [6, 6.07) is 7.65. The Labute approximate surface area is 221 Å². The summed E-state index contributed by atoms with van der Waals surface area (Å²) >= 11 is 0. The number of halogens is 2. The van der Waals surface area contributed by atoms with Crippen molar-refractivity contribution in [3.8, 4) is 17.6 Å². The van der Waals surface area contributed by atoms with Crippen molar-refractivity contribution in [3.63, 3.8) is 0 Å². The van der Waals surface area contributed by atoms with Crippen LogP contribution in [0.3, 0.4) is 0 Å². The number of para-hydroxylation sites is 1. The molecule has 16 heteroatoms. The molecule has 1 aliphatic rings. The summed E-state index contributed by atoms with van der Waals surface area (Å²) < 4.78 is 69.2. The van der Waals surface area contributed by atoms with Crippen molar-refractivity contribution in [2.45, 2.75) is 57.1 Å². The zero-order valence-corrected chi connectivity index (χ0v) is 22.0. The average Bonchev–Trinajstić information content (AvgIpc) is 3.11. The minimum absolute atomic E-state index is 0.0355. The Hall–Kier alpha value is -3.41. The quantitative estimate of drug-likeness (QED) is 0.240. The molecule has 0 bridgehead atoms. The first-order valence-electron chi connectivity index (χ1n) is 11.6. The van der Waals surface area contributed by atoms with Gasteiger partial charge in [0.15, 0.2) is 6.10 Å². The Balaban J connectivity index is 1.88. The van der Waals surface area contributed by atoms with Gasteiger partial charge in [-0.3, -0.25) is 9.05 Å². The van der Waals surface area contributed by atoms with Gasteiger partial charge in [0.25, 0.3) is 0 Å². The third-order valence-electron chi connectivity index (χ3n) is 5.08. The van der Waals surface area contributed by atoms with Crippen LogP contribution in [0.4, 0.5) is 14.6 Å². The first kappa shape index (κ1) is 30.1. The predicted octanol–water partition coefficient (Wildman–Crippen LogP) is 1.72. The van der Waals surface area contributed by atoms with Gasteiger partial charge < -0.3 is 24.8 Å². The van der Waals surface area contributed by atoms with E-state index in [-0.39, 0.29) is 11.6 Å². The van der Waals surface area contributed by atoms with Crippen LogP contribution in [-0.2, 0) is 27.9 Å². The van der Waals surface area contributed by atoms with Crippen LogP contribution in [0.25, 0.3) is 0 Å². The summed E-state index contributed by atoms with van der Waals surface area (Å²) in [7, 11) is -4.67. The molecule has 1 saturated heterocycles. The standard InChI is InChI=1S/C23H27F2N4O9P/c1-14(2)35-20(31)15(3)37-39(33,38-16-8-5-4-6-9-16)34-13-17-19(30)23(25,10-7-11-24)21(36-17)29-22(32)28-18(26)12-27-29/h4-6,8-9,12,14-15,17,19,21,30H,11,13H2,1-3H3,(H2,26,28,32)/t15-,17+,19?,21+,23+,39?/m0/s1. The maximum absolute atomic E-state index is 16.0. The molecule has 0 amide bonds. The number of phosphoric acid groups is 1. The van der Waals surface area contributed by atoms with Crippen molar-refractivity contribution in [2.24, 2.45) is 0 Å². The summed E-state index contributed by atoms with van der Waals surface area (Å²) in [6.45, 7) is 2.32. The zero-order chi connectivity index (χ0) is 28.8. The number of anilines is 1. The van der Waals surface area contributed by atoms with Gasteiger partial charge >= 0.3 is 19.5 Å². The lowest BCUT2D eigenvalue weighted by Gasteiger charge is -2.24.